The lowest BCUT2D eigenvalue weighted by Crippen LogP contribution is -2.52. The van der Waals surface area contributed by atoms with E-state index in [-0.39, 0.29) is 28.6 Å². The maximum absolute atomic E-state index is 14.3. The summed E-state index contributed by atoms with van der Waals surface area (Å²) in [4.78, 5) is 27.6. The Bertz CT molecular complexity index is 1600. The number of carbonyl (C=O) groups excluding carboxylic acids is 1. The quantitative estimate of drug-likeness (QED) is 0.273. The highest BCUT2D eigenvalue weighted by Crippen LogP contribution is 2.50. The lowest BCUT2D eigenvalue weighted by Gasteiger charge is -2.45. The Morgan fingerprint density at radius 3 is 2.30 bits per heavy atom. The molecule has 1 aromatic heterocycles. The second kappa shape index (κ2) is 13.2. The fraction of sp³-hybridized carbons (Fsp3) is 0.433. The molecule has 1 aliphatic carbocycles. The monoisotopic (exact) mass is 660 g/mol. The number of pyridine rings is 1. The average Bonchev–Trinajstić information content (AvgIpc) is 3.33. The normalized spacial score (nSPS) is 21.5. The summed E-state index contributed by atoms with van der Waals surface area (Å²) < 4.78 is 97.3. The molecule has 2 fully saturated rings. The Kier molecular flexibility index (Phi) is 9.89. The van der Waals surface area contributed by atoms with Crippen molar-refractivity contribution in [1.29, 1.82) is 0 Å². The zero-order chi connectivity index (χ0) is 34.0. The molecule has 2 aromatic carbocycles. The Morgan fingerprint density at radius 1 is 1.02 bits per heavy atom. The third kappa shape index (κ3) is 7.21. The van der Waals surface area contributed by atoms with Crippen LogP contribution in [0.1, 0.15) is 36.9 Å². The summed E-state index contributed by atoms with van der Waals surface area (Å²) in [6.07, 6.45) is -6.77. The number of amides is 2. The molecule has 1 saturated carbocycles. The van der Waals surface area contributed by atoms with Crippen LogP contribution in [-0.4, -0.2) is 73.1 Å². The first-order valence-corrected chi connectivity index (χ1v) is 14.0. The zero-order valence-corrected chi connectivity index (χ0v) is 24.9. The zero-order valence-electron chi connectivity index (χ0n) is 24.9. The second-order valence-electron chi connectivity index (χ2n) is 11.0. The molecule has 3 aromatic rings. The number of likely N-dealkylation sites (tertiary alicyclic amines) is 1. The topological polar surface area (TPSA) is 113 Å². The molecule has 3 atom stereocenters. The van der Waals surface area contributed by atoms with E-state index in [0.717, 1.165) is 37.1 Å². The lowest BCUT2D eigenvalue weighted by molar-refractivity contribution is -0.192. The number of likely N-dealkylation sites (N-methyl/N-ethyl adjacent to an activating group) is 1. The Hall–Kier alpha value is -4.34. The van der Waals surface area contributed by atoms with E-state index in [9.17, 15) is 35.5 Å². The Balaban J connectivity index is 0.000000617. The number of methoxy groups -OCH3 is 2. The number of urea groups is 1. The molecule has 0 radical (unpaired) electrons. The number of carboxylic acid groups (broad SMARTS) is 1. The number of aliphatic carboxylic acids is 1. The van der Waals surface area contributed by atoms with Crippen molar-refractivity contribution in [2.75, 3.05) is 33.1 Å². The number of carboxylic acids is 1. The van der Waals surface area contributed by atoms with Gasteiger partial charge in [-0.3, -0.25) is 0 Å². The third-order valence-corrected chi connectivity index (χ3v) is 8.39. The van der Waals surface area contributed by atoms with Crippen LogP contribution in [0.3, 0.4) is 0 Å². The number of nitrogens with zero attached hydrogens (tertiary/aromatic N) is 2. The molecule has 0 spiro atoms. The maximum Gasteiger partial charge on any atom is 0.490 e. The van der Waals surface area contributed by atoms with Gasteiger partial charge in [0, 0.05) is 22.9 Å². The fourth-order valence-corrected chi connectivity index (χ4v) is 6.20. The number of hydrogen-bond donors (Lipinski definition) is 3. The number of carbonyl (C=O) groups is 2. The number of hydrogen-bond acceptors (Lipinski definition) is 6. The number of benzene rings is 2. The van der Waals surface area contributed by atoms with Gasteiger partial charge in [-0.15, -0.1) is 0 Å². The van der Waals surface area contributed by atoms with E-state index in [4.69, 9.17) is 19.4 Å². The predicted molar refractivity (Wildman–Crippen MR) is 152 cm³/mol. The number of rotatable bonds is 5. The number of fused-ring (bicyclic) bond motifs is 2. The maximum atomic E-state index is 14.3. The molecule has 46 heavy (non-hydrogen) atoms. The van der Waals surface area contributed by atoms with Crippen LogP contribution < -0.4 is 20.1 Å². The minimum absolute atomic E-state index is 0.0878. The summed E-state index contributed by atoms with van der Waals surface area (Å²) in [6.45, 7) is 0.896. The first kappa shape index (κ1) is 34.5. The van der Waals surface area contributed by atoms with E-state index in [2.05, 4.69) is 33.6 Å². The van der Waals surface area contributed by atoms with Gasteiger partial charge >= 0.3 is 24.4 Å². The van der Waals surface area contributed by atoms with Crippen LogP contribution >= 0.6 is 0 Å². The SMILES string of the molecule is COc1ccc([C@@]23CC[C@@H](NC(=O)Nc4cc(C(F)(F)F)nc5c(F)cccc45)C[C@@H]2N(C)CC3)cc1OC.O=C(O)C(F)(F)F. The highest BCUT2D eigenvalue weighted by atomic mass is 19.4. The van der Waals surface area contributed by atoms with Crippen LogP contribution in [0.2, 0.25) is 0 Å². The number of ether oxygens (including phenoxy) is 2. The largest absolute Gasteiger partial charge is 0.493 e. The molecule has 2 heterocycles. The Morgan fingerprint density at radius 2 is 1.70 bits per heavy atom. The first-order chi connectivity index (χ1) is 21.5. The van der Waals surface area contributed by atoms with E-state index in [1.807, 2.05) is 12.1 Å². The van der Waals surface area contributed by atoms with E-state index >= 15 is 0 Å². The van der Waals surface area contributed by atoms with Crippen LogP contribution in [0, 0.1) is 5.82 Å². The molecule has 0 unspecified atom stereocenters. The van der Waals surface area contributed by atoms with Gasteiger partial charge in [0.1, 0.15) is 17.0 Å². The summed E-state index contributed by atoms with van der Waals surface area (Å²) in [5.74, 6) is -2.33. The van der Waals surface area contributed by atoms with Gasteiger partial charge in [0.25, 0.3) is 0 Å². The smallest absolute Gasteiger partial charge is 0.490 e. The van der Waals surface area contributed by atoms with Crippen molar-refractivity contribution in [2.45, 2.75) is 55.5 Å². The Labute approximate surface area is 258 Å². The van der Waals surface area contributed by atoms with Crippen LogP contribution in [0.4, 0.5) is 41.2 Å². The van der Waals surface area contributed by atoms with Crippen LogP contribution in [0.5, 0.6) is 11.5 Å². The van der Waals surface area contributed by atoms with Crippen molar-refractivity contribution in [1.82, 2.24) is 15.2 Å². The summed E-state index contributed by atoms with van der Waals surface area (Å²) in [5.41, 5.74) is -0.850. The van der Waals surface area contributed by atoms with Crippen molar-refractivity contribution in [2.24, 2.45) is 0 Å². The molecule has 250 valence electrons. The predicted octanol–water partition coefficient (Wildman–Crippen LogP) is 6.36. The second-order valence-corrected chi connectivity index (χ2v) is 11.0. The first-order valence-electron chi connectivity index (χ1n) is 14.0. The third-order valence-electron chi connectivity index (χ3n) is 8.39. The van der Waals surface area contributed by atoms with E-state index < -0.39 is 41.4 Å². The fourth-order valence-electron chi connectivity index (χ4n) is 6.20. The molecule has 0 bridgehead atoms. The van der Waals surface area contributed by atoms with E-state index in [1.54, 1.807) is 14.2 Å². The summed E-state index contributed by atoms with van der Waals surface area (Å²) in [5, 5.41) is 12.7. The van der Waals surface area contributed by atoms with Gasteiger partial charge < -0.3 is 30.1 Å². The van der Waals surface area contributed by atoms with Crippen molar-refractivity contribution < 1.29 is 54.9 Å². The summed E-state index contributed by atoms with van der Waals surface area (Å²) in [6, 6.07) is 9.85. The molecule has 16 heteroatoms. The summed E-state index contributed by atoms with van der Waals surface area (Å²) in [7, 11) is 5.26. The molecule has 3 N–H and O–H groups in total. The highest BCUT2D eigenvalue weighted by Gasteiger charge is 2.50. The molecule has 1 saturated heterocycles. The van der Waals surface area contributed by atoms with Gasteiger partial charge in [-0.25, -0.2) is 19.0 Å². The molecule has 1 aliphatic heterocycles. The number of anilines is 1. The molecule has 2 amide bonds. The average molecular weight is 661 g/mol. The van der Waals surface area contributed by atoms with Crippen LogP contribution in [0.25, 0.3) is 10.9 Å². The number of halogens is 7. The van der Waals surface area contributed by atoms with E-state index in [1.165, 1.54) is 12.1 Å². The van der Waals surface area contributed by atoms with Crippen molar-refractivity contribution in [3.8, 4) is 11.5 Å². The molecule has 2 aliphatic rings. The highest BCUT2D eigenvalue weighted by molar-refractivity contribution is 6.00. The van der Waals surface area contributed by atoms with Crippen LogP contribution in [-0.2, 0) is 16.4 Å². The van der Waals surface area contributed by atoms with Gasteiger partial charge in [0.2, 0.25) is 0 Å². The molecular formula is C30H31F7N4O5. The standard InChI is InChI=1S/C28H30F4N4O3.C2HF3O2/c1-36-12-11-27(16-7-8-21(38-2)22(13-16)39-3)10-9-17(14-24(27)36)33-26(37)34-20-15-23(28(30,31)32)35-25-18(20)5-4-6-19(25)29;3-2(4,5)1(6)7/h4-8,13,15,17,24H,9-12,14H2,1-3H3,(H2,33,34,35,37);(H,6,7)/t17-,24+,27+;/m1./s1. The lowest BCUT2D eigenvalue weighted by atomic mass is 9.65. The van der Waals surface area contributed by atoms with Gasteiger partial charge in [-0.1, -0.05) is 18.2 Å². The van der Waals surface area contributed by atoms with Gasteiger partial charge in [-0.2, -0.15) is 26.3 Å². The summed E-state index contributed by atoms with van der Waals surface area (Å²) >= 11 is 0. The van der Waals surface area contributed by atoms with E-state index in [0.29, 0.717) is 24.3 Å². The van der Waals surface area contributed by atoms with Gasteiger partial charge in [0.15, 0.2) is 11.5 Å². The molecular weight excluding hydrogens is 629 g/mol. The van der Waals surface area contributed by atoms with Crippen molar-refractivity contribution in [3.05, 3.63) is 59.5 Å². The van der Waals surface area contributed by atoms with Crippen molar-refractivity contribution >= 4 is 28.6 Å². The van der Waals surface area contributed by atoms with Crippen LogP contribution in [0.15, 0.2) is 42.5 Å². The number of alkyl halides is 6. The molecule has 9 nitrogen and oxygen atoms in total. The van der Waals surface area contributed by atoms with Gasteiger partial charge in [-0.05, 0) is 69.1 Å². The minimum Gasteiger partial charge on any atom is -0.493 e. The van der Waals surface area contributed by atoms with Crippen molar-refractivity contribution in [3.63, 3.8) is 0 Å². The number of aromatic nitrogens is 1. The number of para-hydroxylation sites is 1. The number of nitrogens with one attached hydrogen (secondary N) is 2. The van der Waals surface area contributed by atoms with Gasteiger partial charge in [0.05, 0.1) is 19.9 Å². The molecule has 5 rings (SSSR count). The minimum atomic E-state index is -5.08.